The molecule has 18 heavy (non-hydrogen) atoms. The second-order valence-electron chi connectivity index (χ2n) is 3.97. The normalized spacial score (nSPS) is 10.7. The molecule has 4 heteroatoms. The lowest BCUT2D eigenvalue weighted by molar-refractivity contribution is 0.0997. The number of fused-ring (bicyclic) bond motifs is 1. The van der Waals surface area contributed by atoms with Crippen LogP contribution < -0.4 is 5.73 Å². The number of nitrogens with zero attached hydrogens (tertiary/aromatic N) is 2. The van der Waals surface area contributed by atoms with Crippen molar-refractivity contribution >= 4 is 11.4 Å². The van der Waals surface area contributed by atoms with Gasteiger partial charge in [0.05, 0.1) is 5.52 Å². The molecule has 2 aromatic heterocycles. The van der Waals surface area contributed by atoms with Gasteiger partial charge in [-0.3, -0.25) is 9.20 Å². The van der Waals surface area contributed by atoms with Crippen molar-refractivity contribution < 1.29 is 4.79 Å². The molecule has 2 heterocycles. The molecular weight excluding hydrogens is 226 g/mol. The largest absolute Gasteiger partial charge is 0.364 e. The van der Waals surface area contributed by atoms with Crippen molar-refractivity contribution in [2.45, 2.75) is 0 Å². The monoisotopic (exact) mass is 237 g/mol. The van der Waals surface area contributed by atoms with Crippen molar-refractivity contribution in [3.8, 4) is 11.4 Å². The third-order valence-electron chi connectivity index (χ3n) is 2.81. The fourth-order valence-corrected chi connectivity index (χ4v) is 2.01. The van der Waals surface area contributed by atoms with Crippen LogP contribution in [0, 0.1) is 0 Å². The molecule has 1 amide bonds. The average molecular weight is 237 g/mol. The van der Waals surface area contributed by atoms with Crippen LogP contribution in [0.4, 0.5) is 0 Å². The zero-order valence-corrected chi connectivity index (χ0v) is 9.58. The molecule has 88 valence electrons. The quantitative estimate of drug-likeness (QED) is 0.742. The first kappa shape index (κ1) is 10.5. The minimum atomic E-state index is -0.513. The van der Waals surface area contributed by atoms with Gasteiger partial charge in [-0.15, -0.1) is 0 Å². The predicted molar refractivity (Wildman–Crippen MR) is 69.1 cm³/mol. The Bertz CT molecular complexity index is 716. The molecule has 0 aliphatic rings. The lowest BCUT2D eigenvalue weighted by Crippen LogP contribution is -2.11. The Labute approximate surface area is 104 Å². The maximum atomic E-state index is 11.4. The minimum absolute atomic E-state index is 0.300. The van der Waals surface area contributed by atoms with E-state index in [9.17, 15) is 4.79 Å². The van der Waals surface area contributed by atoms with Crippen molar-refractivity contribution in [3.05, 3.63) is 60.4 Å². The van der Waals surface area contributed by atoms with E-state index < -0.39 is 5.91 Å². The van der Waals surface area contributed by atoms with Crippen LogP contribution in [0.15, 0.2) is 54.7 Å². The van der Waals surface area contributed by atoms with Gasteiger partial charge in [-0.1, -0.05) is 36.4 Å². The van der Waals surface area contributed by atoms with Gasteiger partial charge < -0.3 is 5.73 Å². The number of rotatable bonds is 2. The number of carbonyl (C=O) groups is 1. The first-order chi connectivity index (χ1) is 8.77. The Morgan fingerprint density at radius 2 is 1.78 bits per heavy atom. The molecular formula is C14H11N3O. The fourth-order valence-electron chi connectivity index (χ4n) is 2.01. The SMILES string of the molecule is NC(=O)c1nc(-c2ccccc2)n2ccccc12. The number of imidazole rings is 1. The van der Waals surface area contributed by atoms with Crippen molar-refractivity contribution in [3.63, 3.8) is 0 Å². The third kappa shape index (κ3) is 1.55. The Morgan fingerprint density at radius 3 is 2.50 bits per heavy atom. The summed E-state index contributed by atoms with van der Waals surface area (Å²) in [5, 5.41) is 0. The summed E-state index contributed by atoms with van der Waals surface area (Å²) < 4.78 is 1.87. The topological polar surface area (TPSA) is 60.4 Å². The van der Waals surface area contributed by atoms with Crippen molar-refractivity contribution in [2.75, 3.05) is 0 Å². The fraction of sp³-hybridized carbons (Fsp3) is 0. The van der Waals surface area contributed by atoms with Crippen LogP contribution in [0.3, 0.4) is 0 Å². The third-order valence-corrected chi connectivity index (χ3v) is 2.81. The summed E-state index contributed by atoms with van der Waals surface area (Å²) >= 11 is 0. The van der Waals surface area contributed by atoms with E-state index in [-0.39, 0.29) is 0 Å². The van der Waals surface area contributed by atoms with Gasteiger partial charge in [0.2, 0.25) is 0 Å². The van der Waals surface area contributed by atoms with E-state index in [1.54, 1.807) is 0 Å². The summed E-state index contributed by atoms with van der Waals surface area (Å²) in [7, 11) is 0. The molecule has 3 aromatic rings. The summed E-state index contributed by atoms with van der Waals surface area (Å²) in [5.74, 6) is 0.209. The minimum Gasteiger partial charge on any atom is -0.364 e. The number of pyridine rings is 1. The average Bonchev–Trinajstić information content (AvgIpc) is 2.79. The summed E-state index contributed by atoms with van der Waals surface area (Å²) in [5.41, 5.74) is 7.33. The second-order valence-corrected chi connectivity index (χ2v) is 3.97. The Morgan fingerprint density at radius 1 is 1.06 bits per heavy atom. The number of aromatic nitrogens is 2. The lowest BCUT2D eigenvalue weighted by atomic mass is 10.2. The number of hydrogen-bond donors (Lipinski definition) is 1. The van der Waals surface area contributed by atoms with Crippen LogP contribution in [0.25, 0.3) is 16.9 Å². The second kappa shape index (κ2) is 4.00. The molecule has 0 unspecified atom stereocenters. The highest BCUT2D eigenvalue weighted by atomic mass is 16.1. The van der Waals surface area contributed by atoms with Crippen LogP contribution in [-0.4, -0.2) is 15.3 Å². The Kier molecular flexibility index (Phi) is 2.34. The van der Waals surface area contributed by atoms with E-state index in [2.05, 4.69) is 4.98 Å². The maximum Gasteiger partial charge on any atom is 0.269 e. The van der Waals surface area contributed by atoms with Gasteiger partial charge in [0, 0.05) is 11.8 Å². The highest BCUT2D eigenvalue weighted by molar-refractivity contribution is 5.98. The number of carbonyl (C=O) groups excluding carboxylic acids is 1. The molecule has 0 spiro atoms. The molecule has 0 saturated carbocycles. The van der Waals surface area contributed by atoms with Crippen molar-refractivity contribution in [1.82, 2.24) is 9.38 Å². The zero-order chi connectivity index (χ0) is 12.5. The van der Waals surface area contributed by atoms with E-state index in [1.807, 2.05) is 59.1 Å². The van der Waals surface area contributed by atoms with Gasteiger partial charge >= 0.3 is 0 Å². The molecule has 0 aliphatic heterocycles. The maximum absolute atomic E-state index is 11.4. The molecule has 4 nitrogen and oxygen atoms in total. The van der Waals surface area contributed by atoms with Gasteiger partial charge in [-0.05, 0) is 12.1 Å². The number of nitrogens with two attached hydrogens (primary N) is 1. The Balaban J connectivity index is 2.34. The molecule has 0 radical (unpaired) electrons. The Hall–Kier alpha value is -2.62. The van der Waals surface area contributed by atoms with E-state index in [4.69, 9.17) is 5.73 Å². The predicted octanol–water partition coefficient (Wildman–Crippen LogP) is 2.10. The number of hydrogen-bond acceptors (Lipinski definition) is 2. The molecule has 0 aliphatic carbocycles. The first-order valence-electron chi connectivity index (χ1n) is 5.59. The molecule has 3 rings (SSSR count). The first-order valence-corrected chi connectivity index (χ1v) is 5.59. The molecule has 0 fully saturated rings. The smallest absolute Gasteiger partial charge is 0.269 e. The van der Waals surface area contributed by atoms with E-state index in [0.29, 0.717) is 5.69 Å². The number of amides is 1. The van der Waals surface area contributed by atoms with Gasteiger partial charge in [0.1, 0.15) is 5.82 Å². The van der Waals surface area contributed by atoms with Crippen LogP contribution in [-0.2, 0) is 0 Å². The molecule has 2 N–H and O–H groups in total. The summed E-state index contributed by atoms with van der Waals surface area (Å²) in [6.07, 6.45) is 1.87. The summed E-state index contributed by atoms with van der Waals surface area (Å²) in [6, 6.07) is 15.3. The van der Waals surface area contributed by atoms with Crippen LogP contribution in [0.1, 0.15) is 10.5 Å². The van der Waals surface area contributed by atoms with Crippen LogP contribution in [0.2, 0.25) is 0 Å². The number of benzene rings is 1. The van der Waals surface area contributed by atoms with Gasteiger partial charge in [0.25, 0.3) is 5.91 Å². The molecule has 0 atom stereocenters. The van der Waals surface area contributed by atoms with Crippen molar-refractivity contribution in [2.24, 2.45) is 5.73 Å². The highest BCUT2D eigenvalue weighted by Gasteiger charge is 2.15. The van der Waals surface area contributed by atoms with E-state index in [0.717, 1.165) is 16.9 Å². The van der Waals surface area contributed by atoms with E-state index >= 15 is 0 Å². The standard InChI is InChI=1S/C14H11N3O/c15-13(18)12-11-8-4-5-9-17(11)14(16-12)10-6-2-1-3-7-10/h1-9H,(H2,15,18). The van der Waals surface area contributed by atoms with Gasteiger partial charge in [-0.2, -0.15) is 0 Å². The number of primary amides is 1. The van der Waals surface area contributed by atoms with Gasteiger partial charge in [0.15, 0.2) is 5.69 Å². The van der Waals surface area contributed by atoms with E-state index in [1.165, 1.54) is 0 Å². The summed E-state index contributed by atoms with van der Waals surface area (Å²) in [4.78, 5) is 15.8. The molecule has 0 saturated heterocycles. The molecule has 1 aromatic carbocycles. The molecule has 0 bridgehead atoms. The lowest BCUT2D eigenvalue weighted by Gasteiger charge is -1.99. The zero-order valence-electron chi connectivity index (χ0n) is 9.58. The van der Waals surface area contributed by atoms with Crippen LogP contribution in [0.5, 0.6) is 0 Å². The summed E-state index contributed by atoms with van der Waals surface area (Å²) in [6.45, 7) is 0. The highest BCUT2D eigenvalue weighted by Crippen LogP contribution is 2.22. The van der Waals surface area contributed by atoms with Gasteiger partial charge in [-0.25, -0.2) is 4.98 Å². The van der Waals surface area contributed by atoms with Crippen molar-refractivity contribution in [1.29, 1.82) is 0 Å². The van der Waals surface area contributed by atoms with Crippen LogP contribution >= 0.6 is 0 Å².